The lowest BCUT2D eigenvalue weighted by Gasteiger charge is -2.37. The number of methoxy groups -OCH3 is 2. The molecule has 1 fully saturated rings. The van der Waals surface area contributed by atoms with E-state index in [1.165, 1.54) is 5.56 Å². The van der Waals surface area contributed by atoms with Crippen LogP contribution in [0.1, 0.15) is 27.4 Å². The van der Waals surface area contributed by atoms with Gasteiger partial charge in [0, 0.05) is 68.7 Å². The molecule has 0 radical (unpaired) electrons. The number of piperazine rings is 1. The number of amides is 1. The quantitative estimate of drug-likeness (QED) is 0.212. The number of aryl methyl sites for hydroxylation is 2. The van der Waals surface area contributed by atoms with Crippen LogP contribution in [0.3, 0.4) is 0 Å². The van der Waals surface area contributed by atoms with E-state index in [9.17, 15) is 9.59 Å². The number of ketones is 1. The molecule has 218 valence electrons. The smallest absolute Gasteiger partial charge is 0.298 e. The van der Waals surface area contributed by atoms with E-state index in [1.54, 1.807) is 18.8 Å². The van der Waals surface area contributed by atoms with Gasteiger partial charge in [0.25, 0.3) is 11.7 Å². The molecule has 0 saturated carbocycles. The number of nitrogens with one attached hydrogen (secondary N) is 1. The van der Waals surface area contributed by atoms with Gasteiger partial charge in [-0.3, -0.25) is 9.59 Å². The molecule has 0 aliphatic carbocycles. The zero-order valence-electron chi connectivity index (χ0n) is 24.6. The van der Waals surface area contributed by atoms with Gasteiger partial charge in [-0.2, -0.15) is 0 Å². The summed E-state index contributed by atoms with van der Waals surface area (Å²) in [5.74, 6) is -0.335. The van der Waals surface area contributed by atoms with Gasteiger partial charge in [-0.05, 0) is 67.4 Å². The van der Waals surface area contributed by atoms with Crippen LogP contribution in [0.2, 0.25) is 0 Å². The van der Waals surface area contributed by atoms with Gasteiger partial charge in [-0.25, -0.2) is 4.98 Å². The van der Waals surface area contributed by atoms with Crippen molar-refractivity contribution < 1.29 is 19.1 Å². The standard InChI is InChI=1S/C33H37N5O4/c1-23-18-24(2)34-30(19-23)37-16-14-36(15-17-37)27-12-10-26(11-13-27)35-33(40)32(39)31-29(25-8-6-5-7-9-25)20-28(21-41-3)38(31)22-42-4/h5-13,18-20H,14-17,21-22H2,1-4H3,(H,35,40). The van der Waals surface area contributed by atoms with Crippen molar-refractivity contribution in [3.05, 3.63) is 95.4 Å². The largest absolute Gasteiger partial charge is 0.378 e. The number of pyridine rings is 1. The van der Waals surface area contributed by atoms with Crippen LogP contribution in [-0.4, -0.2) is 61.6 Å². The molecule has 2 aromatic heterocycles. The van der Waals surface area contributed by atoms with Crippen LogP contribution < -0.4 is 15.1 Å². The van der Waals surface area contributed by atoms with E-state index in [2.05, 4.69) is 34.2 Å². The lowest BCUT2D eigenvalue weighted by atomic mass is 10.0. The molecule has 0 spiro atoms. The number of carbonyl (C=O) groups excluding carboxylic acids is 2. The van der Waals surface area contributed by atoms with Crippen LogP contribution in [0.4, 0.5) is 17.2 Å². The molecule has 0 atom stereocenters. The summed E-state index contributed by atoms with van der Waals surface area (Å²) >= 11 is 0. The second-order valence-electron chi connectivity index (χ2n) is 10.5. The first-order valence-electron chi connectivity index (χ1n) is 14.0. The van der Waals surface area contributed by atoms with Crippen molar-refractivity contribution in [3.63, 3.8) is 0 Å². The number of rotatable bonds is 10. The summed E-state index contributed by atoms with van der Waals surface area (Å²) in [4.78, 5) is 36.2. The van der Waals surface area contributed by atoms with Crippen LogP contribution in [0.5, 0.6) is 0 Å². The fourth-order valence-electron chi connectivity index (χ4n) is 5.46. The second kappa shape index (κ2) is 13.0. The molecule has 5 rings (SSSR count). The molecule has 2 aromatic carbocycles. The molecule has 9 nitrogen and oxygen atoms in total. The van der Waals surface area contributed by atoms with E-state index in [1.807, 2.05) is 67.6 Å². The molecule has 3 heterocycles. The Kier molecular flexibility index (Phi) is 9.00. The number of benzene rings is 2. The molecule has 4 aromatic rings. The number of nitrogens with zero attached hydrogens (tertiary/aromatic N) is 4. The maximum Gasteiger partial charge on any atom is 0.298 e. The highest BCUT2D eigenvalue weighted by Gasteiger charge is 2.27. The molecule has 1 N–H and O–H groups in total. The maximum atomic E-state index is 13.6. The lowest BCUT2D eigenvalue weighted by Crippen LogP contribution is -2.46. The number of Topliss-reactive ketones (excluding diaryl/α,β-unsaturated/α-hetero) is 1. The molecular formula is C33H37N5O4. The maximum absolute atomic E-state index is 13.6. The topological polar surface area (TPSA) is 88.9 Å². The Balaban J connectivity index is 1.28. The van der Waals surface area contributed by atoms with Gasteiger partial charge < -0.3 is 29.2 Å². The van der Waals surface area contributed by atoms with Crippen molar-refractivity contribution in [3.8, 4) is 11.1 Å². The molecule has 0 bridgehead atoms. The van der Waals surface area contributed by atoms with E-state index < -0.39 is 11.7 Å². The Morgan fingerprint density at radius 3 is 2.19 bits per heavy atom. The Labute approximate surface area is 246 Å². The van der Waals surface area contributed by atoms with Crippen molar-refractivity contribution in [1.29, 1.82) is 0 Å². The van der Waals surface area contributed by atoms with E-state index in [4.69, 9.17) is 14.5 Å². The summed E-state index contributed by atoms with van der Waals surface area (Å²) in [6.45, 7) is 7.98. The van der Waals surface area contributed by atoms with E-state index in [0.29, 0.717) is 11.3 Å². The first-order chi connectivity index (χ1) is 20.4. The zero-order valence-corrected chi connectivity index (χ0v) is 24.6. The number of aromatic nitrogens is 2. The molecule has 42 heavy (non-hydrogen) atoms. The van der Waals surface area contributed by atoms with Gasteiger partial charge in [0.05, 0.1) is 6.61 Å². The summed E-state index contributed by atoms with van der Waals surface area (Å²) in [6, 6.07) is 23.3. The Bertz CT molecular complexity index is 1520. The second-order valence-corrected chi connectivity index (χ2v) is 10.5. The fourth-order valence-corrected chi connectivity index (χ4v) is 5.46. The summed E-state index contributed by atoms with van der Waals surface area (Å²) in [5.41, 5.74) is 6.36. The highest BCUT2D eigenvalue weighted by molar-refractivity contribution is 6.47. The summed E-state index contributed by atoms with van der Waals surface area (Å²) in [5, 5.41) is 2.79. The first-order valence-corrected chi connectivity index (χ1v) is 14.0. The highest BCUT2D eigenvalue weighted by Crippen LogP contribution is 2.29. The van der Waals surface area contributed by atoms with Crippen LogP contribution in [0, 0.1) is 13.8 Å². The van der Waals surface area contributed by atoms with Crippen molar-refractivity contribution in [2.24, 2.45) is 0 Å². The predicted molar refractivity (Wildman–Crippen MR) is 165 cm³/mol. The highest BCUT2D eigenvalue weighted by atomic mass is 16.5. The van der Waals surface area contributed by atoms with E-state index in [0.717, 1.165) is 54.6 Å². The van der Waals surface area contributed by atoms with E-state index >= 15 is 0 Å². The third kappa shape index (κ3) is 6.37. The van der Waals surface area contributed by atoms with Crippen LogP contribution in [0.25, 0.3) is 11.1 Å². The van der Waals surface area contributed by atoms with Crippen LogP contribution >= 0.6 is 0 Å². The lowest BCUT2D eigenvalue weighted by molar-refractivity contribution is -0.112. The number of hydrogen-bond donors (Lipinski definition) is 1. The monoisotopic (exact) mass is 567 g/mol. The minimum atomic E-state index is -0.714. The first kappa shape index (κ1) is 29.0. The number of ether oxygens (including phenoxy) is 2. The molecule has 1 aliphatic heterocycles. The van der Waals surface area contributed by atoms with Crippen molar-refractivity contribution in [1.82, 2.24) is 9.55 Å². The van der Waals surface area contributed by atoms with Crippen molar-refractivity contribution >= 4 is 28.9 Å². The summed E-state index contributed by atoms with van der Waals surface area (Å²) in [7, 11) is 3.14. The van der Waals surface area contributed by atoms with Gasteiger partial charge in [-0.15, -0.1) is 0 Å². The molecule has 9 heteroatoms. The van der Waals surface area contributed by atoms with Gasteiger partial charge in [-0.1, -0.05) is 30.3 Å². The number of hydrogen-bond acceptors (Lipinski definition) is 7. The SMILES string of the molecule is COCc1cc(-c2ccccc2)c(C(=O)C(=O)Nc2ccc(N3CCN(c4cc(C)cc(C)n4)CC3)cc2)n1COC. The summed E-state index contributed by atoms with van der Waals surface area (Å²) < 4.78 is 12.4. The normalized spacial score (nSPS) is 13.3. The van der Waals surface area contributed by atoms with Crippen molar-refractivity contribution in [2.45, 2.75) is 27.2 Å². The number of anilines is 3. The third-order valence-electron chi connectivity index (χ3n) is 7.42. The van der Waals surface area contributed by atoms with Gasteiger partial charge >= 0.3 is 0 Å². The van der Waals surface area contributed by atoms with Crippen LogP contribution in [0.15, 0.2) is 72.8 Å². The predicted octanol–water partition coefficient (Wildman–Crippen LogP) is 5.07. The molecule has 1 aliphatic rings. The Hall–Kier alpha value is -4.47. The van der Waals surface area contributed by atoms with Crippen molar-refractivity contribution in [2.75, 3.05) is 55.5 Å². The molecule has 1 amide bonds. The number of carbonyl (C=O) groups is 2. The van der Waals surface area contributed by atoms with Crippen LogP contribution in [-0.2, 0) is 27.6 Å². The van der Waals surface area contributed by atoms with E-state index in [-0.39, 0.29) is 19.0 Å². The molecular weight excluding hydrogens is 530 g/mol. The minimum absolute atomic E-state index is 0.112. The Morgan fingerprint density at radius 2 is 1.55 bits per heavy atom. The minimum Gasteiger partial charge on any atom is -0.378 e. The third-order valence-corrected chi connectivity index (χ3v) is 7.42. The zero-order chi connectivity index (χ0) is 29.6. The Morgan fingerprint density at radius 1 is 0.857 bits per heavy atom. The fraction of sp³-hybridized carbons (Fsp3) is 0.303. The average Bonchev–Trinajstić information content (AvgIpc) is 3.35. The van der Waals surface area contributed by atoms with Gasteiger partial charge in [0.1, 0.15) is 18.2 Å². The molecule has 0 unspecified atom stereocenters. The van der Waals surface area contributed by atoms with Gasteiger partial charge in [0.2, 0.25) is 0 Å². The summed E-state index contributed by atoms with van der Waals surface area (Å²) in [6.07, 6.45) is 0. The average molecular weight is 568 g/mol. The van der Waals surface area contributed by atoms with Gasteiger partial charge in [0.15, 0.2) is 0 Å². The molecule has 1 saturated heterocycles.